The minimum atomic E-state index is -0.0522. The van der Waals surface area contributed by atoms with Crippen molar-refractivity contribution in [3.63, 3.8) is 0 Å². The zero-order valence-electron chi connectivity index (χ0n) is 12.3. The molecule has 0 bridgehead atoms. The van der Waals surface area contributed by atoms with Crippen LogP contribution in [0.5, 0.6) is 0 Å². The van der Waals surface area contributed by atoms with Crippen molar-refractivity contribution in [3.05, 3.63) is 50.1 Å². The maximum Gasteiger partial charge on any atom is 0.308 e. The van der Waals surface area contributed by atoms with Gasteiger partial charge >= 0.3 is 4.87 Å². The van der Waals surface area contributed by atoms with E-state index in [1.165, 1.54) is 16.9 Å². The lowest BCUT2D eigenvalue weighted by atomic mass is 10.0. The fourth-order valence-electron chi connectivity index (χ4n) is 2.78. The molecule has 1 aliphatic heterocycles. The lowest BCUT2D eigenvalue weighted by molar-refractivity contribution is -0.119. The average molecular weight is 302 g/mol. The first-order valence-electron chi connectivity index (χ1n) is 7.13. The highest BCUT2D eigenvalue weighted by Crippen LogP contribution is 2.27. The summed E-state index contributed by atoms with van der Waals surface area (Å²) < 4.78 is 1.58. The summed E-state index contributed by atoms with van der Waals surface area (Å²) in [6.45, 7) is 4.67. The minimum Gasteiger partial charge on any atom is -0.311 e. The molecule has 1 amide bonds. The molecule has 0 unspecified atom stereocenters. The first-order chi connectivity index (χ1) is 10.1. The molecule has 1 aromatic heterocycles. The number of thiazole rings is 1. The summed E-state index contributed by atoms with van der Waals surface area (Å²) >= 11 is 1.21. The molecule has 21 heavy (non-hydrogen) atoms. The van der Waals surface area contributed by atoms with E-state index in [4.69, 9.17) is 0 Å². The van der Waals surface area contributed by atoms with Gasteiger partial charge in [0.25, 0.3) is 0 Å². The highest BCUT2D eigenvalue weighted by molar-refractivity contribution is 7.09. The minimum absolute atomic E-state index is 0.00912. The van der Waals surface area contributed by atoms with Gasteiger partial charge in [0.1, 0.15) is 6.54 Å². The van der Waals surface area contributed by atoms with Crippen molar-refractivity contribution < 1.29 is 4.79 Å². The van der Waals surface area contributed by atoms with E-state index in [0.29, 0.717) is 0 Å². The number of aryl methyl sites for hydroxylation is 2. The summed E-state index contributed by atoms with van der Waals surface area (Å²) in [5, 5.41) is 0. The Hall–Kier alpha value is -1.88. The van der Waals surface area contributed by atoms with Crippen LogP contribution in [0.4, 0.5) is 5.69 Å². The predicted octanol–water partition coefficient (Wildman–Crippen LogP) is 2.51. The monoisotopic (exact) mass is 302 g/mol. The number of hydrogen-bond donors (Lipinski definition) is 0. The van der Waals surface area contributed by atoms with Gasteiger partial charge in [0.15, 0.2) is 0 Å². The van der Waals surface area contributed by atoms with E-state index in [1.54, 1.807) is 4.57 Å². The van der Waals surface area contributed by atoms with Crippen molar-refractivity contribution >= 4 is 22.9 Å². The number of nitrogens with zero attached hydrogens (tertiary/aromatic N) is 2. The van der Waals surface area contributed by atoms with Gasteiger partial charge in [0.2, 0.25) is 5.91 Å². The maximum atomic E-state index is 12.6. The van der Waals surface area contributed by atoms with Crippen LogP contribution >= 0.6 is 11.3 Å². The van der Waals surface area contributed by atoms with E-state index in [-0.39, 0.29) is 17.3 Å². The van der Waals surface area contributed by atoms with E-state index < -0.39 is 0 Å². The molecule has 0 saturated heterocycles. The second-order valence-electron chi connectivity index (χ2n) is 5.37. The number of carbonyl (C=O) groups excluding carboxylic acids is 1. The highest BCUT2D eigenvalue weighted by atomic mass is 32.1. The summed E-state index contributed by atoms with van der Waals surface area (Å²) in [6.07, 6.45) is 1.98. The molecule has 5 heteroatoms. The molecule has 0 aliphatic carbocycles. The molecule has 0 fully saturated rings. The van der Waals surface area contributed by atoms with Gasteiger partial charge in [0, 0.05) is 22.8 Å². The highest BCUT2D eigenvalue weighted by Gasteiger charge is 2.23. The first-order valence-corrected chi connectivity index (χ1v) is 7.94. The number of rotatable bonds is 2. The largest absolute Gasteiger partial charge is 0.311 e. The Labute approximate surface area is 127 Å². The Morgan fingerprint density at radius 3 is 2.76 bits per heavy atom. The molecule has 2 aromatic rings. The van der Waals surface area contributed by atoms with Crippen LogP contribution < -0.4 is 9.77 Å². The molecule has 0 N–H and O–H groups in total. The van der Waals surface area contributed by atoms with Crippen LogP contribution in [0, 0.1) is 13.8 Å². The molecule has 3 rings (SSSR count). The third-order valence-electron chi connectivity index (χ3n) is 4.08. The SMILES string of the molecule is Cc1sc(=O)n(CC(=O)N2CCCc3ccccc32)c1C. The topological polar surface area (TPSA) is 42.3 Å². The zero-order valence-corrected chi connectivity index (χ0v) is 13.1. The van der Waals surface area contributed by atoms with Gasteiger partial charge in [-0.3, -0.25) is 14.2 Å². The molecule has 0 radical (unpaired) electrons. The van der Waals surface area contributed by atoms with Crippen molar-refractivity contribution in [1.29, 1.82) is 0 Å². The normalized spacial score (nSPS) is 14.1. The van der Waals surface area contributed by atoms with E-state index in [9.17, 15) is 9.59 Å². The second-order valence-corrected chi connectivity index (χ2v) is 6.54. The second kappa shape index (κ2) is 5.48. The predicted molar refractivity (Wildman–Crippen MR) is 85.2 cm³/mol. The number of carbonyl (C=O) groups is 1. The Morgan fingerprint density at radius 1 is 1.29 bits per heavy atom. The van der Waals surface area contributed by atoms with Crippen LogP contribution in [-0.2, 0) is 17.8 Å². The van der Waals surface area contributed by atoms with Crippen molar-refractivity contribution in [1.82, 2.24) is 4.57 Å². The van der Waals surface area contributed by atoms with Gasteiger partial charge in [-0.2, -0.15) is 0 Å². The number of amides is 1. The molecular weight excluding hydrogens is 284 g/mol. The molecule has 110 valence electrons. The number of benzene rings is 1. The molecule has 0 spiro atoms. The van der Waals surface area contributed by atoms with Crippen LogP contribution in [0.15, 0.2) is 29.1 Å². The van der Waals surface area contributed by atoms with Gasteiger partial charge in [-0.1, -0.05) is 29.5 Å². The van der Waals surface area contributed by atoms with Crippen molar-refractivity contribution in [2.45, 2.75) is 33.2 Å². The fraction of sp³-hybridized carbons (Fsp3) is 0.375. The number of aromatic nitrogens is 1. The van der Waals surface area contributed by atoms with Crippen LogP contribution in [0.3, 0.4) is 0 Å². The molecule has 1 aromatic carbocycles. The van der Waals surface area contributed by atoms with Gasteiger partial charge in [-0.05, 0) is 38.3 Å². The molecule has 0 saturated carbocycles. The van der Waals surface area contributed by atoms with Crippen LogP contribution in [0.25, 0.3) is 0 Å². The van der Waals surface area contributed by atoms with Crippen molar-refractivity contribution in [2.75, 3.05) is 11.4 Å². The van der Waals surface area contributed by atoms with Gasteiger partial charge < -0.3 is 4.90 Å². The summed E-state index contributed by atoms with van der Waals surface area (Å²) in [4.78, 5) is 27.3. The van der Waals surface area contributed by atoms with Gasteiger partial charge in [-0.15, -0.1) is 0 Å². The van der Waals surface area contributed by atoms with Crippen molar-refractivity contribution in [3.8, 4) is 0 Å². The van der Waals surface area contributed by atoms with Crippen LogP contribution in [0.2, 0.25) is 0 Å². The summed E-state index contributed by atoms with van der Waals surface area (Å²) in [6, 6.07) is 8.02. The smallest absolute Gasteiger partial charge is 0.308 e. The quantitative estimate of drug-likeness (QED) is 0.855. The van der Waals surface area contributed by atoms with Crippen LogP contribution in [0.1, 0.15) is 22.6 Å². The third kappa shape index (κ3) is 2.53. The van der Waals surface area contributed by atoms with E-state index in [1.807, 2.05) is 36.9 Å². The van der Waals surface area contributed by atoms with Crippen molar-refractivity contribution in [2.24, 2.45) is 0 Å². The average Bonchev–Trinajstić information content (AvgIpc) is 2.73. The third-order valence-corrected chi connectivity index (χ3v) is 5.08. The Morgan fingerprint density at radius 2 is 2.05 bits per heavy atom. The fourth-order valence-corrected chi connectivity index (χ4v) is 3.61. The Balaban J connectivity index is 1.89. The lowest BCUT2D eigenvalue weighted by Crippen LogP contribution is -2.39. The number of fused-ring (bicyclic) bond motifs is 1. The van der Waals surface area contributed by atoms with Crippen LogP contribution in [-0.4, -0.2) is 17.0 Å². The number of para-hydroxylation sites is 1. The maximum absolute atomic E-state index is 12.6. The summed E-state index contributed by atoms with van der Waals surface area (Å²) in [7, 11) is 0. The van der Waals surface area contributed by atoms with E-state index in [0.717, 1.165) is 35.6 Å². The molecule has 4 nitrogen and oxygen atoms in total. The first kappa shape index (κ1) is 14.1. The van der Waals surface area contributed by atoms with E-state index in [2.05, 4.69) is 6.07 Å². The molecular formula is C16H18N2O2S. The Kier molecular flexibility index (Phi) is 3.68. The van der Waals surface area contributed by atoms with Gasteiger partial charge in [0.05, 0.1) is 0 Å². The number of hydrogen-bond acceptors (Lipinski definition) is 3. The van der Waals surface area contributed by atoms with Gasteiger partial charge in [-0.25, -0.2) is 0 Å². The molecule has 2 heterocycles. The summed E-state index contributed by atoms with van der Waals surface area (Å²) in [5.74, 6) is -0.00912. The standard InChI is InChI=1S/C16H18N2O2S/c1-11-12(2)21-16(20)18(11)10-15(19)17-9-5-7-13-6-3-4-8-14(13)17/h3-4,6,8H,5,7,9-10H2,1-2H3. The molecule has 1 aliphatic rings. The number of anilines is 1. The Bertz CT molecular complexity index is 745. The molecule has 0 atom stereocenters. The summed E-state index contributed by atoms with van der Waals surface area (Å²) in [5.41, 5.74) is 3.10. The lowest BCUT2D eigenvalue weighted by Gasteiger charge is -2.29. The van der Waals surface area contributed by atoms with E-state index >= 15 is 0 Å². The zero-order chi connectivity index (χ0) is 15.0.